The van der Waals surface area contributed by atoms with E-state index in [0.29, 0.717) is 6.42 Å². The molecule has 2 saturated carbocycles. The van der Waals surface area contributed by atoms with E-state index < -0.39 is 35.7 Å². The Labute approximate surface area is 108 Å². The van der Waals surface area contributed by atoms with Crippen molar-refractivity contribution in [2.45, 2.75) is 19.3 Å². The molecule has 6 nitrogen and oxygen atoms in total. The molecule has 100 valence electrons. The molecule has 4 rings (SSSR count). The van der Waals surface area contributed by atoms with E-state index in [0.717, 1.165) is 6.42 Å². The van der Waals surface area contributed by atoms with E-state index >= 15 is 0 Å². The lowest BCUT2D eigenvalue weighted by molar-refractivity contribution is -0.156. The van der Waals surface area contributed by atoms with Gasteiger partial charge in [0.05, 0.1) is 24.2 Å². The summed E-state index contributed by atoms with van der Waals surface area (Å²) < 4.78 is 9.30. The van der Waals surface area contributed by atoms with Gasteiger partial charge >= 0.3 is 23.9 Å². The van der Waals surface area contributed by atoms with Crippen LogP contribution < -0.4 is 0 Å². The summed E-state index contributed by atoms with van der Waals surface area (Å²) in [4.78, 5) is 46.2. The van der Waals surface area contributed by atoms with Crippen molar-refractivity contribution in [1.82, 2.24) is 0 Å². The molecule has 4 fully saturated rings. The molecule has 2 bridgehead atoms. The average Bonchev–Trinajstić information content (AvgIpc) is 3.03. The zero-order valence-corrected chi connectivity index (χ0v) is 10.0. The van der Waals surface area contributed by atoms with Gasteiger partial charge in [0.15, 0.2) is 0 Å². The normalized spacial score (nSPS) is 47.6. The minimum absolute atomic E-state index is 0.0163. The quantitative estimate of drug-likeness (QED) is 0.491. The standard InChI is InChI=1S/C13H12O6/c14-8-3-7(11(15)18-8)5-1-4-2-6(5)10-9(4)12(16)19-13(10)17/h4-7,9-10H,1-3H2. The van der Waals surface area contributed by atoms with Crippen molar-refractivity contribution < 1.29 is 28.7 Å². The van der Waals surface area contributed by atoms with E-state index in [1.165, 1.54) is 0 Å². The number of fused-ring (bicyclic) bond motifs is 5. The summed E-state index contributed by atoms with van der Waals surface area (Å²) in [7, 11) is 0. The van der Waals surface area contributed by atoms with Crippen LogP contribution in [-0.2, 0) is 28.7 Å². The van der Waals surface area contributed by atoms with E-state index in [1.807, 2.05) is 0 Å². The zero-order valence-electron chi connectivity index (χ0n) is 10.0. The van der Waals surface area contributed by atoms with Gasteiger partial charge in [0.25, 0.3) is 0 Å². The Balaban J connectivity index is 1.63. The highest BCUT2D eigenvalue weighted by Crippen LogP contribution is 2.60. The van der Waals surface area contributed by atoms with Gasteiger partial charge in [-0.15, -0.1) is 0 Å². The summed E-state index contributed by atoms with van der Waals surface area (Å²) in [5.41, 5.74) is 0. The largest absolute Gasteiger partial charge is 0.393 e. The summed E-state index contributed by atoms with van der Waals surface area (Å²) in [5, 5.41) is 0. The zero-order chi connectivity index (χ0) is 13.3. The van der Waals surface area contributed by atoms with Crippen molar-refractivity contribution >= 4 is 23.9 Å². The number of hydrogen-bond donors (Lipinski definition) is 0. The molecule has 0 N–H and O–H groups in total. The molecular formula is C13H12O6. The van der Waals surface area contributed by atoms with E-state index in [-0.39, 0.29) is 30.1 Å². The summed E-state index contributed by atoms with van der Waals surface area (Å²) >= 11 is 0. The molecule has 2 aliphatic heterocycles. The Morgan fingerprint density at radius 2 is 1.47 bits per heavy atom. The van der Waals surface area contributed by atoms with Gasteiger partial charge in [0.1, 0.15) is 0 Å². The summed E-state index contributed by atoms with van der Waals surface area (Å²) in [6.07, 6.45) is 1.59. The van der Waals surface area contributed by atoms with E-state index in [9.17, 15) is 19.2 Å². The van der Waals surface area contributed by atoms with Crippen molar-refractivity contribution in [3.05, 3.63) is 0 Å². The maximum Gasteiger partial charge on any atom is 0.317 e. The van der Waals surface area contributed by atoms with Crippen LogP contribution in [-0.4, -0.2) is 23.9 Å². The molecule has 0 radical (unpaired) electrons. The molecule has 6 unspecified atom stereocenters. The highest BCUT2D eigenvalue weighted by molar-refractivity contribution is 5.98. The Morgan fingerprint density at radius 1 is 0.789 bits per heavy atom. The van der Waals surface area contributed by atoms with Crippen molar-refractivity contribution in [1.29, 1.82) is 0 Å². The van der Waals surface area contributed by atoms with E-state index in [2.05, 4.69) is 4.74 Å². The predicted octanol–water partition coefficient (Wildman–Crippen LogP) is 0.0479. The maximum absolute atomic E-state index is 11.7. The fourth-order valence-electron chi connectivity index (χ4n) is 4.59. The van der Waals surface area contributed by atoms with Crippen molar-refractivity contribution in [2.75, 3.05) is 0 Å². The summed E-state index contributed by atoms with van der Waals surface area (Å²) in [5.74, 6) is -2.91. The fourth-order valence-corrected chi connectivity index (χ4v) is 4.59. The number of hydrogen-bond acceptors (Lipinski definition) is 6. The number of carbonyl (C=O) groups excluding carboxylic acids is 4. The van der Waals surface area contributed by atoms with Crippen LogP contribution in [0.5, 0.6) is 0 Å². The lowest BCUT2D eigenvalue weighted by Crippen LogP contribution is -2.35. The Bertz CT molecular complexity index is 523. The SMILES string of the molecule is O=C1CC(C2CC3CC2C2C(=O)OC(=O)C32)C(=O)O1. The van der Waals surface area contributed by atoms with Crippen LogP contribution in [0.4, 0.5) is 0 Å². The Kier molecular flexibility index (Phi) is 2.01. The van der Waals surface area contributed by atoms with Gasteiger partial charge < -0.3 is 9.47 Å². The number of ether oxygens (including phenoxy) is 2. The molecule has 2 saturated heterocycles. The minimum Gasteiger partial charge on any atom is -0.393 e. The summed E-state index contributed by atoms with van der Waals surface area (Å²) in [6, 6.07) is 0. The average molecular weight is 264 g/mol. The molecule has 0 aromatic rings. The van der Waals surface area contributed by atoms with Gasteiger partial charge in [0.2, 0.25) is 0 Å². The molecule has 6 atom stereocenters. The predicted molar refractivity (Wildman–Crippen MR) is 57.0 cm³/mol. The highest BCUT2D eigenvalue weighted by atomic mass is 16.6. The van der Waals surface area contributed by atoms with Crippen LogP contribution >= 0.6 is 0 Å². The fraction of sp³-hybridized carbons (Fsp3) is 0.692. The molecule has 0 amide bonds. The number of cyclic esters (lactones) is 4. The van der Waals surface area contributed by atoms with Gasteiger partial charge in [-0.2, -0.15) is 0 Å². The third-order valence-corrected chi connectivity index (χ3v) is 5.22. The van der Waals surface area contributed by atoms with Crippen molar-refractivity contribution in [3.63, 3.8) is 0 Å². The first kappa shape index (κ1) is 11.1. The molecule has 6 heteroatoms. The van der Waals surface area contributed by atoms with Crippen LogP contribution in [0.1, 0.15) is 19.3 Å². The second kappa shape index (κ2) is 3.43. The van der Waals surface area contributed by atoms with E-state index in [1.54, 1.807) is 0 Å². The second-order valence-electron chi connectivity index (χ2n) is 5.95. The molecule has 0 spiro atoms. The smallest absolute Gasteiger partial charge is 0.317 e. The highest BCUT2D eigenvalue weighted by Gasteiger charge is 2.65. The molecule has 2 aliphatic carbocycles. The van der Waals surface area contributed by atoms with Gasteiger partial charge in [-0.25, -0.2) is 0 Å². The lowest BCUT2D eigenvalue weighted by Gasteiger charge is -2.29. The number of carbonyl (C=O) groups is 4. The number of esters is 4. The molecule has 2 heterocycles. The molecule has 0 aromatic heterocycles. The monoisotopic (exact) mass is 264 g/mol. The molecule has 19 heavy (non-hydrogen) atoms. The first-order valence-electron chi connectivity index (χ1n) is 6.56. The summed E-state index contributed by atoms with van der Waals surface area (Å²) in [6.45, 7) is 0. The van der Waals surface area contributed by atoms with Crippen molar-refractivity contribution in [2.24, 2.45) is 35.5 Å². The topological polar surface area (TPSA) is 86.7 Å². The van der Waals surface area contributed by atoms with Crippen LogP contribution in [0.25, 0.3) is 0 Å². The maximum atomic E-state index is 11.7. The third kappa shape index (κ3) is 1.31. The van der Waals surface area contributed by atoms with Crippen LogP contribution in [0.2, 0.25) is 0 Å². The second-order valence-corrected chi connectivity index (χ2v) is 5.95. The van der Waals surface area contributed by atoms with Gasteiger partial charge in [0, 0.05) is 0 Å². The third-order valence-electron chi connectivity index (χ3n) is 5.22. The molecule has 4 aliphatic rings. The van der Waals surface area contributed by atoms with Crippen LogP contribution in [0.3, 0.4) is 0 Å². The van der Waals surface area contributed by atoms with Crippen LogP contribution in [0.15, 0.2) is 0 Å². The van der Waals surface area contributed by atoms with Crippen LogP contribution in [0, 0.1) is 35.5 Å². The number of rotatable bonds is 1. The Morgan fingerprint density at radius 3 is 2.16 bits per heavy atom. The molecule has 0 aromatic carbocycles. The van der Waals surface area contributed by atoms with Gasteiger partial charge in [-0.05, 0) is 30.6 Å². The molecular weight excluding hydrogens is 252 g/mol. The first-order chi connectivity index (χ1) is 9.06. The lowest BCUT2D eigenvalue weighted by atomic mass is 9.70. The minimum atomic E-state index is -0.487. The van der Waals surface area contributed by atoms with Gasteiger partial charge in [-0.3, -0.25) is 19.2 Å². The van der Waals surface area contributed by atoms with Crippen molar-refractivity contribution in [3.8, 4) is 0 Å². The Hall–Kier alpha value is -1.72. The first-order valence-corrected chi connectivity index (χ1v) is 6.56. The van der Waals surface area contributed by atoms with Gasteiger partial charge in [-0.1, -0.05) is 0 Å². The van der Waals surface area contributed by atoms with E-state index in [4.69, 9.17) is 4.74 Å².